The normalized spacial score (nSPS) is 12.4. The molecule has 0 saturated carbocycles. The predicted molar refractivity (Wildman–Crippen MR) is 69.6 cm³/mol. The summed E-state index contributed by atoms with van der Waals surface area (Å²) < 4.78 is 0. The van der Waals surface area contributed by atoms with Crippen LogP contribution in [0.2, 0.25) is 0 Å². The van der Waals surface area contributed by atoms with Gasteiger partial charge in [-0.25, -0.2) is 0 Å². The van der Waals surface area contributed by atoms with Crippen molar-refractivity contribution in [3.05, 3.63) is 48.4 Å². The lowest BCUT2D eigenvalue weighted by Gasteiger charge is -2.13. The molecule has 2 rings (SSSR count). The Bertz CT molecular complexity index is 468. The SMILES string of the molecule is CCNC(C)c1cccc(-c2cnccn2)c1. The average molecular weight is 227 g/mol. The topological polar surface area (TPSA) is 37.8 Å². The second-order valence-electron chi connectivity index (χ2n) is 4.00. The molecule has 0 amide bonds. The second-order valence-corrected chi connectivity index (χ2v) is 4.00. The molecule has 0 spiro atoms. The van der Waals surface area contributed by atoms with Crippen molar-refractivity contribution in [2.75, 3.05) is 6.54 Å². The number of nitrogens with zero attached hydrogens (tertiary/aromatic N) is 2. The molecule has 17 heavy (non-hydrogen) atoms. The fourth-order valence-corrected chi connectivity index (χ4v) is 1.84. The Morgan fingerprint density at radius 1 is 1.29 bits per heavy atom. The highest BCUT2D eigenvalue weighted by atomic mass is 14.9. The summed E-state index contributed by atoms with van der Waals surface area (Å²) in [5, 5.41) is 3.40. The zero-order valence-corrected chi connectivity index (χ0v) is 10.2. The Morgan fingerprint density at radius 2 is 2.18 bits per heavy atom. The fourth-order valence-electron chi connectivity index (χ4n) is 1.84. The van der Waals surface area contributed by atoms with E-state index in [1.165, 1.54) is 5.56 Å². The minimum Gasteiger partial charge on any atom is -0.310 e. The third-order valence-electron chi connectivity index (χ3n) is 2.76. The molecule has 0 bridgehead atoms. The highest BCUT2D eigenvalue weighted by Crippen LogP contribution is 2.20. The molecule has 0 aliphatic heterocycles. The van der Waals surface area contributed by atoms with Crippen molar-refractivity contribution >= 4 is 0 Å². The van der Waals surface area contributed by atoms with Gasteiger partial charge < -0.3 is 5.32 Å². The first kappa shape index (κ1) is 11.7. The minimum atomic E-state index is 0.358. The van der Waals surface area contributed by atoms with Crippen molar-refractivity contribution in [1.29, 1.82) is 0 Å². The Hall–Kier alpha value is -1.74. The second kappa shape index (κ2) is 5.55. The van der Waals surface area contributed by atoms with E-state index < -0.39 is 0 Å². The quantitative estimate of drug-likeness (QED) is 0.872. The summed E-state index contributed by atoms with van der Waals surface area (Å²) in [4.78, 5) is 8.41. The number of hydrogen-bond donors (Lipinski definition) is 1. The van der Waals surface area contributed by atoms with Crippen LogP contribution in [0.1, 0.15) is 25.5 Å². The molecule has 88 valence electrons. The Kier molecular flexibility index (Phi) is 3.83. The number of hydrogen-bond acceptors (Lipinski definition) is 3. The summed E-state index contributed by atoms with van der Waals surface area (Å²) in [6, 6.07) is 8.78. The van der Waals surface area contributed by atoms with Crippen molar-refractivity contribution in [3.63, 3.8) is 0 Å². The number of rotatable bonds is 4. The first-order valence-corrected chi connectivity index (χ1v) is 5.91. The maximum Gasteiger partial charge on any atom is 0.0885 e. The van der Waals surface area contributed by atoms with Gasteiger partial charge in [-0.2, -0.15) is 0 Å². The number of aromatic nitrogens is 2. The first-order chi connectivity index (χ1) is 8.31. The Balaban J connectivity index is 2.29. The predicted octanol–water partition coefficient (Wildman–Crippen LogP) is 2.81. The van der Waals surface area contributed by atoms with Crippen LogP contribution in [-0.2, 0) is 0 Å². The van der Waals surface area contributed by atoms with E-state index >= 15 is 0 Å². The molecule has 1 heterocycles. The monoisotopic (exact) mass is 227 g/mol. The van der Waals surface area contributed by atoms with Crippen LogP contribution in [0.25, 0.3) is 11.3 Å². The van der Waals surface area contributed by atoms with Gasteiger partial charge >= 0.3 is 0 Å². The zero-order chi connectivity index (χ0) is 12.1. The molecule has 3 heteroatoms. The van der Waals surface area contributed by atoms with E-state index in [1.807, 2.05) is 0 Å². The zero-order valence-electron chi connectivity index (χ0n) is 10.2. The van der Waals surface area contributed by atoms with Gasteiger partial charge in [-0.05, 0) is 25.1 Å². The molecule has 1 N–H and O–H groups in total. The summed E-state index contributed by atoms with van der Waals surface area (Å²) in [7, 11) is 0. The van der Waals surface area contributed by atoms with Gasteiger partial charge in [0.15, 0.2) is 0 Å². The average Bonchev–Trinajstić information content (AvgIpc) is 2.40. The molecule has 3 nitrogen and oxygen atoms in total. The van der Waals surface area contributed by atoms with Crippen LogP contribution in [0.4, 0.5) is 0 Å². The first-order valence-electron chi connectivity index (χ1n) is 5.91. The molecule has 2 aromatic rings. The van der Waals surface area contributed by atoms with E-state index in [-0.39, 0.29) is 0 Å². The molecule has 1 aromatic carbocycles. The molecule has 0 radical (unpaired) electrons. The molecule has 0 saturated heterocycles. The highest BCUT2D eigenvalue weighted by molar-refractivity contribution is 5.59. The fraction of sp³-hybridized carbons (Fsp3) is 0.286. The Morgan fingerprint density at radius 3 is 2.88 bits per heavy atom. The van der Waals surface area contributed by atoms with Crippen molar-refractivity contribution < 1.29 is 0 Å². The van der Waals surface area contributed by atoms with Crippen LogP contribution < -0.4 is 5.32 Å². The van der Waals surface area contributed by atoms with Crippen LogP contribution in [0.5, 0.6) is 0 Å². The van der Waals surface area contributed by atoms with Gasteiger partial charge in [0.2, 0.25) is 0 Å². The van der Waals surface area contributed by atoms with Crippen LogP contribution in [0.15, 0.2) is 42.9 Å². The molecule has 1 aromatic heterocycles. The van der Waals surface area contributed by atoms with E-state index in [0.29, 0.717) is 6.04 Å². The lowest BCUT2D eigenvalue weighted by Crippen LogP contribution is -2.17. The largest absolute Gasteiger partial charge is 0.310 e. The summed E-state index contributed by atoms with van der Waals surface area (Å²) in [6.45, 7) is 5.25. The van der Waals surface area contributed by atoms with Gasteiger partial charge in [-0.1, -0.05) is 25.1 Å². The Labute approximate surface area is 102 Å². The summed E-state index contributed by atoms with van der Waals surface area (Å²) in [6.07, 6.45) is 5.20. The van der Waals surface area contributed by atoms with E-state index in [1.54, 1.807) is 18.6 Å². The van der Waals surface area contributed by atoms with Crippen LogP contribution in [0.3, 0.4) is 0 Å². The summed E-state index contributed by atoms with van der Waals surface area (Å²) in [5.41, 5.74) is 3.30. The molecular formula is C14H17N3. The lowest BCUT2D eigenvalue weighted by molar-refractivity contribution is 0.598. The van der Waals surface area contributed by atoms with Crippen molar-refractivity contribution in [3.8, 4) is 11.3 Å². The molecular weight excluding hydrogens is 210 g/mol. The van der Waals surface area contributed by atoms with Gasteiger partial charge in [0, 0.05) is 24.0 Å². The smallest absolute Gasteiger partial charge is 0.0885 e. The van der Waals surface area contributed by atoms with Gasteiger partial charge in [0.25, 0.3) is 0 Å². The van der Waals surface area contributed by atoms with Crippen LogP contribution in [0, 0.1) is 0 Å². The van der Waals surface area contributed by atoms with Crippen molar-refractivity contribution in [2.24, 2.45) is 0 Å². The molecule has 1 unspecified atom stereocenters. The minimum absolute atomic E-state index is 0.358. The van der Waals surface area contributed by atoms with Gasteiger partial charge in [0.05, 0.1) is 11.9 Å². The van der Waals surface area contributed by atoms with Crippen molar-refractivity contribution in [1.82, 2.24) is 15.3 Å². The molecule has 1 atom stereocenters. The van der Waals surface area contributed by atoms with E-state index in [0.717, 1.165) is 17.8 Å². The van der Waals surface area contributed by atoms with E-state index in [9.17, 15) is 0 Å². The van der Waals surface area contributed by atoms with Gasteiger partial charge in [0.1, 0.15) is 0 Å². The van der Waals surface area contributed by atoms with Crippen LogP contribution >= 0.6 is 0 Å². The third kappa shape index (κ3) is 2.88. The maximum absolute atomic E-state index is 4.31. The summed E-state index contributed by atoms with van der Waals surface area (Å²) >= 11 is 0. The standard InChI is InChI=1S/C14H17N3/c1-3-16-11(2)12-5-4-6-13(9-12)14-10-15-7-8-17-14/h4-11,16H,3H2,1-2H3. The van der Waals surface area contributed by atoms with Crippen molar-refractivity contribution in [2.45, 2.75) is 19.9 Å². The number of benzene rings is 1. The maximum atomic E-state index is 4.31. The van der Waals surface area contributed by atoms with Gasteiger partial charge in [-0.3, -0.25) is 9.97 Å². The molecule has 0 aliphatic rings. The highest BCUT2D eigenvalue weighted by Gasteiger charge is 2.05. The number of nitrogens with one attached hydrogen (secondary N) is 1. The molecule has 0 aliphatic carbocycles. The van der Waals surface area contributed by atoms with E-state index in [2.05, 4.69) is 53.4 Å². The third-order valence-corrected chi connectivity index (χ3v) is 2.76. The van der Waals surface area contributed by atoms with E-state index in [4.69, 9.17) is 0 Å². The lowest BCUT2D eigenvalue weighted by atomic mass is 10.0. The summed E-state index contributed by atoms with van der Waals surface area (Å²) in [5.74, 6) is 0. The molecule has 0 fully saturated rings. The van der Waals surface area contributed by atoms with Crippen LogP contribution in [-0.4, -0.2) is 16.5 Å². The van der Waals surface area contributed by atoms with Gasteiger partial charge in [-0.15, -0.1) is 0 Å².